The Morgan fingerprint density at radius 1 is 1.60 bits per heavy atom. The quantitative estimate of drug-likeness (QED) is 0.546. The molecule has 0 atom stereocenters. The molecule has 0 bridgehead atoms. The number of nitrogens with one attached hydrogen (secondary N) is 1. The Morgan fingerprint density at radius 3 is 3.13 bits per heavy atom. The van der Waals surface area contributed by atoms with Gasteiger partial charge in [-0.2, -0.15) is 10.2 Å². The van der Waals surface area contributed by atoms with Crippen LogP contribution < -0.4 is 5.32 Å². The minimum atomic E-state index is -0.170. The maximum absolute atomic E-state index is 10.8. The lowest BCUT2D eigenvalue weighted by atomic mass is 10.3. The zero-order valence-corrected chi connectivity index (χ0v) is 8.77. The molecule has 5 heteroatoms. The number of nitrogens with zero attached hydrogens (tertiary/aromatic N) is 2. The standard InChI is InChI=1S/C10H15N3O2/c1-15-10(14)5-3-6-11-8-9-4-2-7-12-13-9/h2,4,7,11H,3,5-6,8H2,1H3. The number of esters is 1. The first-order chi connectivity index (χ1) is 7.33. The van der Waals surface area contributed by atoms with Crippen molar-refractivity contribution in [2.75, 3.05) is 13.7 Å². The number of carbonyl (C=O) groups excluding carboxylic acids is 1. The van der Waals surface area contributed by atoms with Gasteiger partial charge in [-0.25, -0.2) is 0 Å². The van der Waals surface area contributed by atoms with Crippen LogP contribution in [0.2, 0.25) is 0 Å². The molecule has 0 aromatic carbocycles. The molecule has 0 aliphatic carbocycles. The number of methoxy groups -OCH3 is 1. The zero-order valence-electron chi connectivity index (χ0n) is 8.77. The first kappa shape index (κ1) is 11.6. The van der Waals surface area contributed by atoms with Gasteiger partial charge >= 0.3 is 5.97 Å². The fraction of sp³-hybridized carbons (Fsp3) is 0.500. The van der Waals surface area contributed by atoms with Gasteiger partial charge < -0.3 is 10.1 Å². The summed E-state index contributed by atoms with van der Waals surface area (Å²) in [5.74, 6) is -0.170. The van der Waals surface area contributed by atoms with E-state index >= 15 is 0 Å². The van der Waals surface area contributed by atoms with Gasteiger partial charge in [-0.3, -0.25) is 4.79 Å². The van der Waals surface area contributed by atoms with E-state index in [0.717, 1.165) is 18.7 Å². The summed E-state index contributed by atoms with van der Waals surface area (Å²) < 4.78 is 4.53. The molecule has 1 N–H and O–H groups in total. The Labute approximate surface area is 88.9 Å². The van der Waals surface area contributed by atoms with Crippen molar-refractivity contribution in [3.8, 4) is 0 Å². The molecule has 0 radical (unpaired) electrons. The molecule has 0 saturated heterocycles. The average Bonchev–Trinajstić information content (AvgIpc) is 2.29. The van der Waals surface area contributed by atoms with E-state index < -0.39 is 0 Å². The topological polar surface area (TPSA) is 64.1 Å². The molecule has 1 aromatic rings. The lowest BCUT2D eigenvalue weighted by molar-refractivity contribution is -0.140. The number of hydrogen-bond donors (Lipinski definition) is 1. The summed E-state index contributed by atoms with van der Waals surface area (Å²) in [6.07, 6.45) is 2.86. The molecule has 15 heavy (non-hydrogen) atoms. The summed E-state index contributed by atoms with van der Waals surface area (Å²) in [4.78, 5) is 10.8. The second kappa shape index (κ2) is 6.89. The predicted octanol–water partition coefficient (Wildman–Crippen LogP) is 0.519. The van der Waals surface area contributed by atoms with Crippen LogP contribution in [0.25, 0.3) is 0 Å². The third-order valence-electron chi connectivity index (χ3n) is 1.90. The van der Waals surface area contributed by atoms with Crippen LogP contribution in [0.3, 0.4) is 0 Å². The van der Waals surface area contributed by atoms with Crippen molar-refractivity contribution in [2.45, 2.75) is 19.4 Å². The van der Waals surface area contributed by atoms with Crippen LogP contribution in [0.1, 0.15) is 18.5 Å². The highest BCUT2D eigenvalue weighted by molar-refractivity contribution is 5.69. The van der Waals surface area contributed by atoms with Crippen molar-refractivity contribution in [3.05, 3.63) is 24.0 Å². The molecule has 1 heterocycles. The Morgan fingerprint density at radius 2 is 2.47 bits per heavy atom. The van der Waals surface area contributed by atoms with Crippen molar-refractivity contribution in [1.82, 2.24) is 15.5 Å². The Kier molecular flexibility index (Phi) is 5.32. The van der Waals surface area contributed by atoms with E-state index in [0.29, 0.717) is 13.0 Å². The molecular formula is C10H15N3O2. The highest BCUT2D eigenvalue weighted by atomic mass is 16.5. The molecule has 0 unspecified atom stereocenters. The van der Waals surface area contributed by atoms with Crippen LogP contribution in [-0.2, 0) is 16.1 Å². The van der Waals surface area contributed by atoms with E-state index in [1.165, 1.54) is 7.11 Å². The van der Waals surface area contributed by atoms with Gasteiger partial charge in [-0.05, 0) is 25.1 Å². The van der Waals surface area contributed by atoms with Gasteiger partial charge in [0.2, 0.25) is 0 Å². The third-order valence-corrected chi connectivity index (χ3v) is 1.90. The normalized spacial score (nSPS) is 9.93. The number of ether oxygens (including phenoxy) is 1. The maximum atomic E-state index is 10.8. The predicted molar refractivity (Wildman–Crippen MR) is 55.0 cm³/mol. The van der Waals surface area contributed by atoms with Gasteiger partial charge in [-0.1, -0.05) is 0 Å². The van der Waals surface area contributed by atoms with E-state index in [1.807, 2.05) is 12.1 Å². The van der Waals surface area contributed by atoms with Gasteiger partial charge in [0, 0.05) is 19.2 Å². The molecule has 1 aromatic heterocycles. The Bertz CT molecular complexity index is 290. The zero-order chi connectivity index (χ0) is 10.9. The third kappa shape index (κ3) is 5.07. The summed E-state index contributed by atoms with van der Waals surface area (Å²) in [5, 5.41) is 10.9. The fourth-order valence-electron chi connectivity index (χ4n) is 1.10. The Hall–Kier alpha value is -1.49. The molecule has 0 amide bonds. The largest absolute Gasteiger partial charge is 0.469 e. The first-order valence-electron chi connectivity index (χ1n) is 4.87. The van der Waals surface area contributed by atoms with E-state index in [1.54, 1.807) is 6.20 Å². The molecule has 0 saturated carbocycles. The van der Waals surface area contributed by atoms with Crippen LogP contribution in [-0.4, -0.2) is 29.8 Å². The summed E-state index contributed by atoms with van der Waals surface area (Å²) in [5.41, 5.74) is 0.899. The van der Waals surface area contributed by atoms with Crippen LogP contribution in [0.5, 0.6) is 0 Å². The van der Waals surface area contributed by atoms with Crippen LogP contribution in [0, 0.1) is 0 Å². The van der Waals surface area contributed by atoms with Gasteiger partial charge in [-0.15, -0.1) is 0 Å². The molecule has 0 fully saturated rings. The molecule has 5 nitrogen and oxygen atoms in total. The van der Waals surface area contributed by atoms with Crippen molar-refractivity contribution in [2.24, 2.45) is 0 Å². The van der Waals surface area contributed by atoms with E-state index in [-0.39, 0.29) is 5.97 Å². The van der Waals surface area contributed by atoms with Crippen molar-refractivity contribution < 1.29 is 9.53 Å². The fourth-order valence-corrected chi connectivity index (χ4v) is 1.10. The van der Waals surface area contributed by atoms with E-state index in [9.17, 15) is 4.79 Å². The van der Waals surface area contributed by atoms with Crippen molar-refractivity contribution in [1.29, 1.82) is 0 Å². The second-order valence-electron chi connectivity index (χ2n) is 3.07. The van der Waals surface area contributed by atoms with E-state index in [4.69, 9.17) is 0 Å². The Balaban J connectivity index is 2.05. The van der Waals surface area contributed by atoms with Gasteiger partial charge in [0.1, 0.15) is 0 Å². The summed E-state index contributed by atoms with van der Waals surface area (Å²) >= 11 is 0. The number of carbonyl (C=O) groups is 1. The number of rotatable bonds is 6. The smallest absolute Gasteiger partial charge is 0.305 e. The maximum Gasteiger partial charge on any atom is 0.305 e. The minimum Gasteiger partial charge on any atom is -0.469 e. The SMILES string of the molecule is COC(=O)CCCNCc1cccnn1. The highest BCUT2D eigenvalue weighted by Gasteiger charge is 1.99. The molecule has 0 spiro atoms. The molecule has 0 aliphatic rings. The van der Waals surface area contributed by atoms with Crippen molar-refractivity contribution in [3.63, 3.8) is 0 Å². The minimum absolute atomic E-state index is 0.170. The number of hydrogen-bond acceptors (Lipinski definition) is 5. The lowest BCUT2D eigenvalue weighted by Gasteiger charge is -2.02. The summed E-state index contributed by atoms with van der Waals surface area (Å²) in [6.45, 7) is 1.45. The average molecular weight is 209 g/mol. The van der Waals surface area contributed by atoms with Gasteiger partial charge in [0.05, 0.1) is 12.8 Å². The molecule has 82 valence electrons. The van der Waals surface area contributed by atoms with E-state index in [2.05, 4.69) is 20.3 Å². The lowest BCUT2D eigenvalue weighted by Crippen LogP contribution is -2.17. The van der Waals surface area contributed by atoms with Gasteiger partial charge in [0.15, 0.2) is 0 Å². The van der Waals surface area contributed by atoms with Gasteiger partial charge in [0.25, 0.3) is 0 Å². The highest BCUT2D eigenvalue weighted by Crippen LogP contribution is 1.92. The number of aromatic nitrogens is 2. The van der Waals surface area contributed by atoms with Crippen LogP contribution >= 0.6 is 0 Å². The molecule has 1 rings (SSSR count). The molecular weight excluding hydrogens is 194 g/mol. The molecule has 0 aliphatic heterocycles. The summed E-state index contributed by atoms with van der Waals surface area (Å²) in [6, 6.07) is 3.75. The summed E-state index contributed by atoms with van der Waals surface area (Å²) in [7, 11) is 1.40. The second-order valence-corrected chi connectivity index (χ2v) is 3.07. The first-order valence-corrected chi connectivity index (χ1v) is 4.87. The van der Waals surface area contributed by atoms with Crippen LogP contribution in [0.4, 0.5) is 0 Å². The van der Waals surface area contributed by atoms with Crippen molar-refractivity contribution >= 4 is 5.97 Å². The van der Waals surface area contributed by atoms with Crippen LogP contribution in [0.15, 0.2) is 18.3 Å². The monoisotopic (exact) mass is 209 g/mol.